The van der Waals surface area contributed by atoms with Gasteiger partial charge in [-0.2, -0.15) is 9.97 Å². The number of nitrogen functional groups attached to an aromatic ring is 1. The van der Waals surface area contributed by atoms with E-state index in [2.05, 4.69) is 26.8 Å². The second-order valence-electron chi connectivity index (χ2n) is 10.8. The van der Waals surface area contributed by atoms with Crippen LogP contribution in [-0.4, -0.2) is 78.0 Å². The van der Waals surface area contributed by atoms with E-state index < -0.39 is 11.6 Å². The molecule has 41 heavy (non-hydrogen) atoms. The average molecular weight is 603 g/mol. The van der Waals surface area contributed by atoms with Crippen LogP contribution in [0.4, 0.5) is 19.7 Å². The summed E-state index contributed by atoms with van der Waals surface area (Å²) in [5.41, 5.74) is 6.46. The number of hydrogen-bond acceptors (Lipinski definition) is 10. The molecule has 0 radical (unpaired) electrons. The lowest BCUT2D eigenvalue weighted by atomic mass is 10.00. The highest BCUT2D eigenvalue weighted by molar-refractivity contribution is 7.22. The molecule has 2 unspecified atom stereocenters. The van der Waals surface area contributed by atoms with Crippen LogP contribution in [0.15, 0.2) is 12.1 Å². The number of anilines is 2. The van der Waals surface area contributed by atoms with Gasteiger partial charge in [-0.15, -0.1) is 0 Å². The summed E-state index contributed by atoms with van der Waals surface area (Å²) in [6.45, 7) is 4.90. The minimum absolute atomic E-state index is 0.0119. The Labute approximate surface area is 244 Å². The molecule has 3 aliphatic rings. The maximum absolute atomic E-state index is 16.8. The monoisotopic (exact) mass is 602 g/mol. The number of halogens is 3. The third-order valence-electron chi connectivity index (χ3n) is 8.33. The summed E-state index contributed by atoms with van der Waals surface area (Å²) in [5, 5.41) is 0.576. The molecule has 0 bridgehead atoms. The number of nitrogens with two attached hydrogens (primary N) is 1. The molecule has 0 amide bonds. The number of thiazole rings is 1. The first-order chi connectivity index (χ1) is 19.8. The molecule has 0 spiro atoms. The molecule has 2 saturated heterocycles. The van der Waals surface area contributed by atoms with Crippen molar-refractivity contribution in [3.8, 4) is 22.9 Å². The highest BCUT2D eigenvalue weighted by Crippen LogP contribution is 2.49. The predicted molar refractivity (Wildman–Crippen MR) is 155 cm³/mol. The van der Waals surface area contributed by atoms with E-state index in [4.69, 9.17) is 36.5 Å². The van der Waals surface area contributed by atoms with Crippen molar-refractivity contribution in [3.63, 3.8) is 0 Å². The Morgan fingerprint density at radius 2 is 2.00 bits per heavy atom. The second-order valence-corrected chi connectivity index (χ2v) is 12.2. The van der Waals surface area contributed by atoms with Crippen LogP contribution in [0.3, 0.4) is 0 Å². The van der Waals surface area contributed by atoms with E-state index in [-0.39, 0.29) is 68.0 Å². The van der Waals surface area contributed by atoms with Gasteiger partial charge in [0.15, 0.2) is 16.7 Å². The number of nitrogens with zero attached hydrogens (tertiary/aromatic N) is 5. The van der Waals surface area contributed by atoms with Gasteiger partial charge in [0.05, 0.1) is 39.8 Å². The molecule has 2 aromatic heterocycles. The third-order valence-corrected chi connectivity index (χ3v) is 9.58. The van der Waals surface area contributed by atoms with Gasteiger partial charge in [-0.3, -0.25) is 4.90 Å². The van der Waals surface area contributed by atoms with Crippen LogP contribution in [0.5, 0.6) is 11.8 Å². The summed E-state index contributed by atoms with van der Waals surface area (Å²) < 4.78 is 49.8. The molecular weight excluding hydrogens is 574 g/mol. The zero-order valence-electron chi connectivity index (χ0n) is 22.6. The molecule has 2 N–H and O–H groups in total. The lowest BCUT2D eigenvalue weighted by Crippen LogP contribution is -2.39. The summed E-state index contributed by atoms with van der Waals surface area (Å²) in [6.07, 6.45) is 2.65. The third kappa shape index (κ3) is 4.43. The van der Waals surface area contributed by atoms with E-state index in [1.54, 1.807) is 0 Å². The summed E-state index contributed by atoms with van der Waals surface area (Å²) in [4.78, 5) is 18.1. The fraction of sp³-hybridized carbons (Fsp3) is 0.464. The quantitative estimate of drug-likeness (QED) is 0.327. The van der Waals surface area contributed by atoms with E-state index in [1.165, 1.54) is 12.1 Å². The molecule has 0 saturated carbocycles. The fourth-order valence-corrected chi connectivity index (χ4v) is 7.41. The molecule has 2 fully saturated rings. The zero-order valence-corrected chi connectivity index (χ0v) is 24.2. The Morgan fingerprint density at radius 1 is 1.15 bits per heavy atom. The standard InChI is InChI=1S/C28H29ClF2N6O3S/c1-13(17-4-3-8-36(17)2)40-28-34-23-19-24(39-11-9-37(26(19)35-28)14-7-10-38-12-14)20(29)18(21(23)31)15-5-6-16(30)25-22(15)33-27(32)41-25/h5-6,13-14,17H,3-4,7-12H2,1-2H3,(H2,32,33)/t13-,14?,17?/m0/s1. The number of likely N-dealkylation sites (N-methyl/N-ethyl adjacent to an activating group) is 1. The minimum Gasteiger partial charge on any atom is -0.489 e. The van der Waals surface area contributed by atoms with Crippen molar-refractivity contribution in [2.75, 3.05) is 50.6 Å². The first-order valence-corrected chi connectivity index (χ1v) is 14.9. The van der Waals surface area contributed by atoms with E-state index in [0.29, 0.717) is 36.5 Å². The molecule has 0 aliphatic carbocycles. The molecular formula is C28H29ClF2N6O3S. The van der Waals surface area contributed by atoms with Gasteiger partial charge in [-0.05, 0) is 51.9 Å². The van der Waals surface area contributed by atoms with Crippen molar-refractivity contribution in [1.82, 2.24) is 19.9 Å². The maximum Gasteiger partial charge on any atom is 0.319 e. The van der Waals surface area contributed by atoms with Crippen molar-refractivity contribution in [2.24, 2.45) is 0 Å². The van der Waals surface area contributed by atoms with Crippen LogP contribution in [0.2, 0.25) is 5.02 Å². The van der Waals surface area contributed by atoms with Crippen LogP contribution in [0.1, 0.15) is 26.2 Å². The zero-order chi connectivity index (χ0) is 28.4. The highest BCUT2D eigenvalue weighted by Gasteiger charge is 2.35. The van der Waals surface area contributed by atoms with Gasteiger partial charge >= 0.3 is 6.01 Å². The van der Waals surface area contributed by atoms with Crippen molar-refractivity contribution < 1.29 is 23.0 Å². The molecule has 7 rings (SSSR count). The molecule has 3 atom stereocenters. The number of rotatable bonds is 5. The van der Waals surface area contributed by atoms with E-state index in [9.17, 15) is 4.39 Å². The van der Waals surface area contributed by atoms with Crippen molar-refractivity contribution in [2.45, 2.75) is 44.4 Å². The van der Waals surface area contributed by atoms with E-state index >= 15 is 4.39 Å². The number of benzene rings is 2. The Bertz CT molecular complexity index is 1670. The first-order valence-electron chi connectivity index (χ1n) is 13.7. The summed E-state index contributed by atoms with van der Waals surface area (Å²) >= 11 is 7.93. The average Bonchev–Trinajstić information content (AvgIpc) is 3.69. The van der Waals surface area contributed by atoms with Gasteiger partial charge in [0.1, 0.15) is 29.9 Å². The summed E-state index contributed by atoms with van der Waals surface area (Å²) in [6, 6.07) is 3.02. The van der Waals surface area contributed by atoms with E-state index in [1.807, 2.05) is 6.92 Å². The van der Waals surface area contributed by atoms with Gasteiger partial charge in [0, 0.05) is 23.8 Å². The van der Waals surface area contributed by atoms with Crippen molar-refractivity contribution >= 4 is 55.0 Å². The van der Waals surface area contributed by atoms with Crippen LogP contribution >= 0.6 is 22.9 Å². The number of aromatic nitrogens is 3. The molecule has 216 valence electrons. The summed E-state index contributed by atoms with van der Waals surface area (Å²) in [7, 11) is 2.07. The molecule has 9 nitrogen and oxygen atoms in total. The van der Waals surface area contributed by atoms with Crippen LogP contribution in [0, 0.1) is 11.6 Å². The Balaban J connectivity index is 1.46. The van der Waals surface area contributed by atoms with E-state index in [0.717, 1.165) is 37.1 Å². The lowest BCUT2D eigenvalue weighted by Gasteiger charge is -2.29. The molecule has 13 heteroatoms. The predicted octanol–water partition coefficient (Wildman–Crippen LogP) is 5.27. The number of likely N-dealkylation sites (tertiary alicyclic amines) is 1. The molecule has 5 heterocycles. The number of ether oxygens (including phenoxy) is 3. The maximum atomic E-state index is 16.8. The largest absolute Gasteiger partial charge is 0.489 e. The van der Waals surface area contributed by atoms with Gasteiger partial charge in [-0.25, -0.2) is 13.8 Å². The molecule has 4 aromatic rings. The Morgan fingerprint density at radius 3 is 2.76 bits per heavy atom. The number of hydrogen-bond donors (Lipinski definition) is 1. The normalized spacial score (nSPS) is 21.9. The minimum atomic E-state index is -0.694. The number of fused-ring (bicyclic) bond motifs is 1. The van der Waals surface area contributed by atoms with Gasteiger partial charge in [0.2, 0.25) is 0 Å². The van der Waals surface area contributed by atoms with Crippen LogP contribution in [0.25, 0.3) is 32.2 Å². The van der Waals surface area contributed by atoms with Crippen LogP contribution in [-0.2, 0) is 4.74 Å². The second kappa shape index (κ2) is 10.3. The lowest BCUT2D eigenvalue weighted by molar-refractivity contribution is 0.112. The van der Waals surface area contributed by atoms with Crippen LogP contribution < -0.4 is 20.1 Å². The van der Waals surface area contributed by atoms with Gasteiger partial charge < -0.3 is 24.8 Å². The topological polar surface area (TPSA) is 98.9 Å². The molecule has 2 aromatic carbocycles. The van der Waals surface area contributed by atoms with Gasteiger partial charge in [0.25, 0.3) is 0 Å². The molecule has 3 aliphatic heterocycles. The SMILES string of the molecule is C[C@H](Oc1nc2c3c(c(Cl)c(-c4ccc(F)c5sc(N)nc45)c(F)c3n1)OCCN2C1CCOC1)C1CCCN1C. The first kappa shape index (κ1) is 26.8. The van der Waals surface area contributed by atoms with Crippen molar-refractivity contribution in [3.05, 3.63) is 28.8 Å². The Kier molecular flexibility index (Phi) is 6.76. The summed E-state index contributed by atoms with van der Waals surface area (Å²) in [5.74, 6) is -0.425. The van der Waals surface area contributed by atoms with Crippen molar-refractivity contribution in [1.29, 1.82) is 0 Å². The Hall–Kier alpha value is -3.06. The fourth-order valence-electron chi connectivity index (χ4n) is 6.31. The smallest absolute Gasteiger partial charge is 0.319 e. The van der Waals surface area contributed by atoms with Gasteiger partial charge in [-0.1, -0.05) is 22.9 Å². The highest BCUT2D eigenvalue weighted by atomic mass is 35.5.